The molecule has 2 aliphatic rings. The monoisotopic (exact) mass is 444 g/mol. The second kappa shape index (κ2) is 8.70. The van der Waals surface area contributed by atoms with Crippen LogP contribution in [0.15, 0.2) is 54.7 Å². The Kier molecular flexibility index (Phi) is 5.76. The van der Waals surface area contributed by atoms with Crippen molar-refractivity contribution in [2.45, 2.75) is 71.0 Å². The largest absolute Gasteiger partial charge is 0.352 e. The number of nitrogens with zero attached hydrogens (tertiary/aromatic N) is 3. The van der Waals surface area contributed by atoms with Crippen LogP contribution in [-0.4, -0.2) is 25.6 Å². The van der Waals surface area contributed by atoms with Crippen molar-refractivity contribution in [1.82, 2.24) is 19.8 Å². The summed E-state index contributed by atoms with van der Waals surface area (Å²) in [5.74, 6) is 0. The smallest absolute Gasteiger partial charge is 0.170 e. The summed E-state index contributed by atoms with van der Waals surface area (Å²) in [6.45, 7) is 6.71. The molecule has 4 nitrogen and oxygen atoms in total. The molecular weight excluding hydrogens is 412 g/mol. The van der Waals surface area contributed by atoms with E-state index in [0.29, 0.717) is 6.04 Å². The van der Waals surface area contributed by atoms with Crippen molar-refractivity contribution in [3.8, 4) is 5.69 Å². The van der Waals surface area contributed by atoms with Gasteiger partial charge in [0.25, 0.3) is 0 Å². The van der Waals surface area contributed by atoms with Crippen LogP contribution in [0.1, 0.15) is 72.9 Å². The van der Waals surface area contributed by atoms with Crippen molar-refractivity contribution in [2.24, 2.45) is 0 Å². The third-order valence-corrected chi connectivity index (χ3v) is 7.58. The molecule has 0 bridgehead atoms. The van der Waals surface area contributed by atoms with Crippen LogP contribution >= 0.6 is 12.2 Å². The van der Waals surface area contributed by atoms with Gasteiger partial charge in [-0.2, -0.15) is 0 Å². The number of nitrogens with one attached hydrogen (secondary N) is 1. The van der Waals surface area contributed by atoms with Crippen molar-refractivity contribution >= 4 is 17.3 Å². The molecule has 5 rings (SSSR count). The first-order valence-electron chi connectivity index (χ1n) is 11.9. The van der Waals surface area contributed by atoms with E-state index >= 15 is 0 Å². The molecule has 5 heteroatoms. The van der Waals surface area contributed by atoms with Gasteiger partial charge in [-0.25, -0.2) is 0 Å². The van der Waals surface area contributed by atoms with E-state index in [1.807, 2.05) is 12.3 Å². The second-order valence-electron chi connectivity index (χ2n) is 9.12. The molecule has 0 amide bonds. The minimum atomic E-state index is 0.0552. The second-order valence-corrected chi connectivity index (χ2v) is 9.50. The Morgan fingerprint density at radius 2 is 1.81 bits per heavy atom. The van der Waals surface area contributed by atoms with E-state index in [1.54, 1.807) is 0 Å². The Balaban J connectivity index is 1.65. The van der Waals surface area contributed by atoms with Gasteiger partial charge in [-0.15, -0.1) is 0 Å². The molecule has 2 aromatic heterocycles. The predicted molar refractivity (Wildman–Crippen MR) is 134 cm³/mol. The van der Waals surface area contributed by atoms with Crippen molar-refractivity contribution in [3.63, 3.8) is 0 Å². The van der Waals surface area contributed by atoms with Crippen molar-refractivity contribution < 1.29 is 0 Å². The third kappa shape index (κ3) is 3.53. The van der Waals surface area contributed by atoms with Gasteiger partial charge in [0.15, 0.2) is 5.11 Å². The fourth-order valence-corrected chi connectivity index (χ4v) is 6.15. The van der Waals surface area contributed by atoms with Crippen LogP contribution in [-0.2, 0) is 6.42 Å². The number of aromatic nitrogens is 2. The molecule has 3 aromatic rings. The molecule has 2 atom stereocenters. The first kappa shape index (κ1) is 21.2. The Morgan fingerprint density at radius 3 is 2.53 bits per heavy atom. The minimum absolute atomic E-state index is 0.0552. The van der Waals surface area contributed by atoms with E-state index in [-0.39, 0.29) is 12.1 Å². The van der Waals surface area contributed by atoms with Crippen LogP contribution in [0.25, 0.3) is 5.69 Å². The fraction of sp³-hybridized carbons (Fsp3) is 0.407. The number of pyridine rings is 1. The first-order valence-corrected chi connectivity index (χ1v) is 12.3. The number of rotatable bonds is 5. The number of thiocarbonyl (C=S) groups is 1. The maximum Gasteiger partial charge on any atom is 0.170 e. The van der Waals surface area contributed by atoms with E-state index in [2.05, 4.69) is 78.0 Å². The fourth-order valence-electron chi connectivity index (χ4n) is 5.76. The van der Waals surface area contributed by atoms with Gasteiger partial charge in [0.05, 0.1) is 17.8 Å². The Hall–Kier alpha value is -2.66. The summed E-state index contributed by atoms with van der Waals surface area (Å²) in [5, 5.41) is 4.52. The van der Waals surface area contributed by atoms with Gasteiger partial charge in [-0.3, -0.25) is 4.98 Å². The normalized spacial score (nSPS) is 21.3. The highest BCUT2D eigenvalue weighted by atomic mass is 32.1. The average Bonchev–Trinajstić information content (AvgIpc) is 3.52. The summed E-state index contributed by atoms with van der Waals surface area (Å²) in [5.41, 5.74) is 7.62. The molecule has 2 unspecified atom stereocenters. The summed E-state index contributed by atoms with van der Waals surface area (Å²) in [6, 6.07) is 18.0. The topological polar surface area (TPSA) is 33.1 Å². The number of benzene rings is 1. The van der Waals surface area contributed by atoms with Gasteiger partial charge in [-0.1, -0.05) is 44.0 Å². The minimum Gasteiger partial charge on any atom is -0.352 e. The molecule has 0 spiro atoms. The molecule has 166 valence electrons. The van der Waals surface area contributed by atoms with Gasteiger partial charge in [0.2, 0.25) is 0 Å². The third-order valence-electron chi connectivity index (χ3n) is 7.26. The van der Waals surface area contributed by atoms with Crippen molar-refractivity contribution in [1.29, 1.82) is 0 Å². The molecule has 1 saturated heterocycles. The summed E-state index contributed by atoms with van der Waals surface area (Å²) in [4.78, 5) is 7.22. The van der Waals surface area contributed by atoms with Gasteiger partial charge < -0.3 is 14.8 Å². The number of hydrogen-bond acceptors (Lipinski definition) is 2. The highest BCUT2D eigenvalue weighted by molar-refractivity contribution is 7.80. The average molecular weight is 445 g/mol. The predicted octanol–water partition coefficient (Wildman–Crippen LogP) is 5.97. The van der Waals surface area contributed by atoms with Crippen LogP contribution < -0.4 is 5.32 Å². The van der Waals surface area contributed by atoms with E-state index in [4.69, 9.17) is 17.2 Å². The summed E-state index contributed by atoms with van der Waals surface area (Å²) >= 11 is 5.93. The molecule has 1 aromatic carbocycles. The zero-order valence-corrected chi connectivity index (χ0v) is 20.0. The lowest BCUT2D eigenvalue weighted by molar-refractivity contribution is 0.245. The zero-order valence-electron chi connectivity index (χ0n) is 19.2. The van der Waals surface area contributed by atoms with Crippen LogP contribution in [0, 0.1) is 13.8 Å². The number of aryl methyl sites for hydroxylation is 2. The molecule has 32 heavy (non-hydrogen) atoms. The van der Waals surface area contributed by atoms with Gasteiger partial charge in [0.1, 0.15) is 0 Å². The lowest BCUT2D eigenvalue weighted by Crippen LogP contribution is -2.37. The van der Waals surface area contributed by atoms with E-state index in [9.17, 15) is 0 Å². The van der Waals surface area contributed by atoms with Crippen LogP contribution in [0.3, 0.4) is 0 Å². The molecule has 1 saturated carbocycles. The van der Waals surface area contributed by atoms with Gasteiger partial charge in [-0.05, 0) is 80.7 Å². The highest BCUT2D eigenvalue weighted by Gasteiger charge is 2.44. The summed E-state index contributed by atoms with van der Waals surface area (Å²) in [7, 11) is 0. The van der Waals surface area contributed by atoms with Gasteiger partial charge in [0, 0.05) is 29.3 Å². The standard InChI is InChI=1S/C27H32N4S/c1-4-20-11-5-8-15-24(20)30-18(2)17-22(19(30)3)26-25(23-14-9-10-16-28-23)29-27(32)31(26)21-12-6-7-13-21/h5,8-11,14-17,21,25-26H,4,6-7,12-13H2,1-3H3,(H,29,32). The quantitative estimate of drug-likeness (QED) is 0.492. The van der Waals surface area contributed by atoms with Crippen LogP contribution in [0.5, 0.6) is 0 Å². The van der Waals surface area contributed by atoms with E-state index in [1.165, 1.54) is 53.9 Å². The van der Waals surface area contributed by atoms with E-state index < -0.39 is 0 Å². The lowest BCUT2D eigenvalue weighted by atomic mass is 9.95. The molecule has 3 heterocycles. The summed E-state index contributed by atoms with van der Waals surface area (Å²) in [6.07, 6.45) is 7.90. The molecule has 1 aliphatic heterocycles. The Labute approximate surface area is 196 Å². The Morgan fingerprint density at radius 1 is 1.06 bits per heavy atom. The van der Waals surface area contributed by atoms with Crippen LogP contribution in [0.2, 0.25) is 0 Å². The maximum atomic E-state index is 5.93. The van der Waals surface area contributed by atoms with Crippen molar-refractivity contribution in [2.75, 3.05) is 0 Å². The molecule has 1 aliphatic carbocycles. The van der Waals surface area contributed by atoms with Crippen LogP contribution in [0.4, 0.5) is 0 Å². The molecule has 0 radical (unpaired) electrons. The van der Waals surface area contributed by atoms with Gasteiger partial charge >= 0.3 is 0 Å². The molecular formula is C27H32N4S. The highest BCUT2D eigenvalue weighted by Crippen LogP contribution is 2.44. The first-order chi connectivity index (χ1) is 15.6. The number of hydrogen-bond donors (Lipinski definition) is 1. The zero-order chi connectivity index (χ0) is 22.2. The Bertz CT molecular complexity index is 1110. The van der Waals surface area contributed by atoms with E-state index in [0.717, 1.165) is 17.2 Å². The maximum absolute atomic E-state index is 5.93. The summed E-state index contributed by atoms with van der Waals surface area (Å²) < 4.78 is 2.43. The van der Waals surface area contributed by atoms with Crippen molar-refractivity contribution in [3.05, 3.63) is 82.9 Å². The SMILES string of the molecule is CCc1ccccc1-n1c(C)cc(C2C(c3ccccn3)NC(=S)N2C2CCCC2)c1C. The molecule has 2 fully saturated rings. The number of para-hydroxylation sites is 1. The molecule has 1 N–H and O–H groups in total. The lowest BCUT2D eigenvalue weighted by Gasteiger charge is -2.33.